The highest BCUT2D eigenvalue weighted by atomic mass is 32.1. The third-order valence-electron chi connectivity index (χ3n) is 2.96. The lowest BCUT2D eigenvalue weighted by Gasteiger charge is -2.24. The molecule has 1 aromatic rings. The zero-order chi connectivity index (χ0) is 12.3. The molecule has 0 amide bonds. The number of aromatic nitrogens is 1. The minimum Gasteiger partial charge on any atom is -0.355 e. The molecule has 1 aliphatic rings. The van der Waals surface area contributed by atoms with E-state index < -0.39 is 0 Å². The van der Waals surface area contributed by atoms with Crippen LogP contribution in [0.2, 0.25) is 0 Å². The van der Waals surface area contributed by atoms with Crippen LogP contribution < -0.4 is 5.32 Å². The van der Waals surface area contributed by atoms with Gasteiger partial charge in [0.25, 0.3) is 0 Å². The molecule has 0 radical (unpaired) electrons. The molecule has 1 saturated heterocycles. The van der Waals surface area contributed by atoms with E-state index >= 15 is 0 Å². The van der Waals surface area contributed by atoms with Gasteiger partial charge in [-0.05, 0) is 27.2 Å². The van der Waals surface area contributed by atoms with E-state index in [-0.39, 0.29) is 6.10 Å². The smallest absolute Gasteiger partial charge is 0.147 e. The number of hydrogen-bond donors (Lipinski definition) is 1. The van der Waals surface area contributed by atoms with Gasteiger partial charge in [0.1, 0.15) is 6.79 Å². The molecule has 2 atom stereocenters. The Morgan fingerprint density at radius 3 is 2.94 bits per heavy atom. The number of aryl methyl sites for hydroxylation is 2. The van der Waals surface area contributed by atoms with E-state index in [0.717, 1.165) is 30.3 Å². The summed E-state index contributed by atoms with van der Waals surface area (Å²) in [5, 5.41) is 4.65. The van der Waals surface area contributed by atoms with E-state index in [9.17, 15) is 0 Å². The van der Waals surface area contributed by atoms with E-state index in [1.54, 1.807) is 11.3 Å². The number of nitrogens with one attached hydrogen (secondary N) is 1. The summed E-state index contributed by atoms with van der Waals surface area (Å²) in [4.78, 5) is 5.78. The number of nitrogens with zero attached hydrogens (tertiary/aromatic N) is 1. The van der Waals surface area contributed by atoms with Crippen LogP contribution in [-0.2, 0) is 9.47 Å². The van der Waals surface area contributed by atoms with Crippen LogP contribution in [0.15, 0.2) is 0 Å². The summed E-state index contributed by atoms with van der Waals surface area (Å²) in [6.45, 7) is 8.41. The maximum absolute atomic E-state index is 5.50. The fourth-order valence-corrected chi connectivity index (χ4v) is 2.97. The van der Waals surface area contributed by atoms with Gasteiger partial charge in [0.05, 0.1) is 23.4 Å². The maximum atomic E-state index is 5.50. The Kier molecular flexibility index (Phi) is 4.50. The van der Waals surface area contributed by atoms with Gasteiger partial charge in [-0.2, -0.15) is 0 Å². The van der Waals surface area contributed by atoms with Crippen molar-refractivity contribution in [2.45, 2.75) is 39.3 Å². The normalized spacial score (nSPS) is 22.6. The maximum Gasteiger partial charge on any atom is 0.147 e. The van der Waals surface area contributed by atoms with E-state index in [4.69, 9.17) is 9.47 Å². The van der Waals surface area contributed by atoms with E-state index in [0.29, 0.717) is 12.8 Å². The van der Waals surface area contributed by atoms with Crippen molar-refractivity contribution < 1.29 is 9.47 Å². The highest BCUT2D eigenvalue weighted by Crippen LogP contribution is 2.24. The first kappa shape index (κ1) is 13.0. The van der Waals surface area contributed by atoms with Gasteiger partial charge in [0, 0.05) is 17.5 Å². The lowest BCUT2D eigenvalue weighted by atomic mass is 10.2. The summed E-state index contributed by atoms with van der Waals surface area (Å²) in [6.07, 6.45) is 1.25. The first-order valence-electron chi connectivity index (χ1n) is 6.03. The van der Waals surface area contributed by atoms with Crippen molar-refractivity contribution in [2.24, 2.45) is 0 Å². The molecule has 1 N–H and O–H groups in total. The molecular weight excluding hydrogens is 236 g/mol. The van der Waals surface area contributed by atoms with Crippen molar-refractivity contribution in [1.82, 2.24) is 10.3 Å². The lowest BCUT2D eigenvalue weighted by Crippen LogP contribution is -2.35. The largest absolute Gasteiger partial charge is 0.355 e. The van der Waals surface area contributed by atoms with Crippen LogP contribution in [-0.4, -0.2) is 31.0 Å². The molecule has 2 unspecified atom stereocenters. The van der Waals surface area contributed by atoms with Crippen molar-refractivity contribution in [1.29, 1.82) is 0 Å². The molecule has 1 aromatic heterocycles. The molecule has 1 aliphatic heterocycles. The van der Waals surface area contributed by atoms with Crippen LogP contribution in [0.3, 0.4) is 0 Å². The fourth-order valence-electron chi connectivity index (χ4n) is 2.01. The molecule has 0 saturated carbocycles. The molecule has 96 valence electrons. The fraction of sp³-hybridized carbons (Fsp3) is 0.750. The summed E-state index contributed by atoms with van der Waals surface area (Å²) in [5.74, 6) is 0. The van der Waals surface area contributed by atoms with Crippen molar-refractivity contribution in [3.63, 3.8) is 0 Å². The first-order valence-corrected chi connectivity index (χ1v) is 6.85. The van der Waals surface area contributed by atoms with Crippen LogP contribution in [0, 0.1) is 13.8 Å². The molecule has 0 aliphatic carbocycles. The number of hydrogen-bond acceptors (Lipinski definition) is 5. The zero-order valence-electron chi connectivity index (χ0n) is 10.7. The second-order valence-electron chi connectivity index (χ2n) is 4.42. The Balaban J connectivity index is 1.84. The number of ether oxygens (including phenoxy) is 2. The van der Waals surface area contributed by atoms with Crippen LogP contribution in [0.25, 0.3) is 0 Å². The van der Waals surface area contributed by atoms with Crippen molar-refractivity contribution in [3.8, 4) is 0 Å². The summed E-state index contributed by atoms with van der Waals surface area (Å²) in [6, 6.07) is 0.340. The summed E-state index contributed by atoms with van der Waals surface area (Å²) in [7, 11) is 0. The predicted octanol–water partition coefficient (Wildman–Crippen LogP) is 2.17. The molecular formula is C12H20N2O2S. The molecule has 2 heterocycles. The second-order valence-corrected chi connectivity index (χ2v) is 5.65. The van der Waals surface area contributed by atoms with Crippen LogP contribution >= 0.6 is 11.3 Å². The molecule has 5 heteroatoms. The molecule has 17 heavy (non-hydrogen) atoms. The van der Waals surface area contributed by atoms with Gasteiger partial charge in [-0.1, -0.05) is 0 Å². The van der Waals surface area contributed by atoms with E-state index in [1.807, 2.05) is 0 Å². The topological polar surface area (TPSA) is 43.4 Å². The third kappa shape index (κ3) is 3.48. The highest BCUT2D eigenvalue weighted by molar-refractivity contribution is 7.11. The van der Waals surface area contributed by atoms with Crippen molar-refractivity contribution >= 4 is 11.3 Å². The molecule has 4 nitrogen and oxygen atoms in total. The van der Waals surface area contributed by atoms with Gasteiger partial charge in [0.15, 0.2) is 0 Å². The monoisotopic (exact) mass is 256 g/mol. The SMILES string of the molecule is Cc1nc(C)c(C(C)NCC2CCOCO2)s1. The predicted molar refractivity (Wildman–Crippen MR) is 68.3 cm³/mol. The van der Waals surface area contributed by atoms with Crippen LogP contribution in [0.4, 0.5) is 0 Å². The summed E-state index contributed by atoms with van der Waals surface area (Å²) in [5.41, 5.74) is 1.14. The van der Waals surface area contributed by atoms with Gasteiger partial charge in [-0.25, -0.2) is 4.98 Å². The molecule has 0 spiro atoms. The van der Waals surface area contributed by atoms with Crippen molar-refractivity contribution in [2.75, 3.05) is 19.9 Å². The lowest BCUT2D eigenvalue weighted by molar-refractivity contribution is -0.137. The molecule has 0 bridgehead atoms. The Morgan fingerprint density at radius 1 is 1.53 bits per heavy atom. The third-order valence-corrected chi connectivity index (χ3v) is 4.21. The van der Waals surface area contributed by atoms with Crippen LogP contribution in [0.1, 0.15) is 35.0 Å². The average Bonchev–Trinajstić information content (AvgIpc) is 2.67. The first-order chi connectivity index (χ1) is 8.16. The van der Waals surface area contributed by atoms with E-state index in [1.165, 1.54) is 4.88 Å². The van der Waals surface area contributed by atoms with Gasteiger partial charge in [-0.3, -0.25) is 0 Å². The zero-order valence-corrected chi connectivity index (χ0v) is 11.5. The molecule has 2 rings (SSSR count). The van der Waals surface area contributed by atoms with Gasteiger partial charge in [-0.15, -0.1) is 11.3 Å². The Bertz CT molecular complexity index is 361. The molecule has 1 fully saturated rings. The highest BCUT2D eigenvalue weighted by Gasteiger charge is 2.17. The summed E-state index contributed by atoms with van der Waals surface area (Å²) < 4.78 is 10.7. The summed E-state index contributed by atoms with van der Waals surface area (Å²) >= 11 is 1.77. The van der Waals surface area contributed by atoms with E-state index in [2.05, 4.69) is 31.1 Å². The standard InChI is InChI=1S/C12H20N2O2S/c1-8(12-9(2)14-10(3)17-12)13-6-11-4-5-15-7-16-11/h8,11,13H,4-7H2,1-3H3. The number of rotatable bonds is 4. The minimum absolute atomic E-state index is 0.278. The second kappa shape index (κ2) is 5.91. The van der Waals surface area contributed by atoms with Crippen molar-refractivity contribution in [3.05, 3.63) is 15.6 Å². The Labute approximate surface area is 106 Å². The van der Waals surface area contributed by atoms with Gasteiger partial charge >= 0.3 is 0 Å². The van der Waals surface area contributed by atoms with Gasteiger partial charge in [0.2, 0.25) is 0 Å². The quantitative estimate of drug-likeness (QED) is 0.896. The molecule has 0 aromatic carbocycles. The van der Waals surface area contributed by atoms with Crippen LogP contribution in [0.5, 0.6) is 0 Å². The average molecular weight is 256 g/mol. The number of thiazole rings is 1. The Hall–Kier alpha value is -0.490. The van der Waals surface area contributed by atoms with Gasteiger partial charge < -0.3 is 14.8 Å². The Morgan fingerprint density at radius 2 is 2.35 bits per heavy atom. The minimum atomic E-state index is 0.278.